The summed E-state index contributed by atoms with van der Waals surface area (Å²) < 4.78 is 1.49. The summed E-state index contributed by atoms with van der Waals surface area (Å²) in [6.45, 7) is 2.30. The van der Waals surface area contributed by atoms with Crippen LogP contribution in [0.25, 0.3) is 0 Å². The predicted molar refractivity (Wildman–Crippen MR) is 70.7 cm³/mol. The van der Waals surface area contributed by atoms with E-state index in [1.165, 1.54) is 4.57 Å². The number of nitrogens with one attached hydrogen (secondary N) is 1. The minimum atomic E-state index is -0.394. The molecule has 0 amide bonds. The van der Waals surface area contributed by atoms with Gasteiger partial charge >= 0.3 is 5.69 Å². The van der Waals surface area contributed by atoms with Gasteiger partial charge in [-0.25, -0.2) is 4.79 Å². The Morgan fingerprint density at radius 2 is 1.89 bits per heavy atom. The molecule has 18 heavy (non-hydrogen) atoms. The molecule has 0 saturated carbocycles. The molecule has 0 aliphatic carbocycles. The summed E-state index contributed by atoms with van der Waals surface area (Å²) in [5.41, 5.74) is 7.14. The lowest BCUT2D eigenvalue weighted by Gasteiger charge is -2.07. The number of H-pyrrole nitrogens is 1. The molecule has 0 atom stereocenters. The lowest BCUT2D eigenvalue weighted by molar-refractivity contribution is 0.708. The summed E-state index contributed by atoms with van der Waals surface area (Å²) in [6.07, 6.45) is 2.20. The molecule has 5 heteroatoms. The number of aromatic nitrogens is 2. The van der Waals surface area contributed by atoms with Gasteiger partial charge in [-0.1, -0.05) is 19.1 Å². The normalized spacial score (nSPS) is 10.5. The van der Waals surface area contributed by atoms with Gasteiger partial charge in [-0.05, 0) is 24.1 Å². The Hall–Kier alpha value is -2.30. The number of nitrogens with zero attached hydrogens (tertiary/aromatic N) is 1. The van der Waals surface area contributed by atoms with Gasteiger partial charge in [0.1, 0.15) is 0 Å². The van der Waals surface area contributed by atoms with Gasteiger partial charge in [0.15, 0.2) is 0 Å². The average Bonchev–Trinajstić information content (AvgIpc) is 2.35. The van der Waals surface area contributed by atoms with E-state index in [4.69, 9.17) is 5.73 Å². The van der Waals surface area contributed by atoms with Crippen LogP contribution in [0.1, 0.15) is 18.1 Å². The Balaban J connectivity index is 2.37. The maximum Gasteiger partial charge on any atom is 0.328 e. The summed E-state index contributed by atoms with van der Waals surface area (Å²) in [6, 6.07) is 7.29. The monoisotopic (exact) mass is 245 g/mol. The van der Waals surface area contributed by atoms with E-state index in [9.17, 15) is 9.59 Å². The van der Waals surface area contributed by atoms with Crippen LogP contribution in [0, 0.1) is 0 Å². The first-order valence-electron chi connectivity index (χ1n) is 5.77. The fraction of sp³-hybridized carbons (Fsp3) is 0.231. The molecule has 0 aliphatic rings. The molecule has 1 aromatic heterocycles. The van der Waals surface area contributed by atoms with Crippen LogP contribution in [0.2, 0.25) is 0 Å². The fourth-order valence-electron chi connectivity index (χ4n) is 1.74. The van der Waals surface area contributed by atoms with E-state index < -0.39 is 5.69 Å². The van der Waals surface area contributed by atoms with E-state index in [1.807, 2.05) is 19.1 Å². The van der Waals surface area contributed by atoms with Crippen molar-refractivity contribution in [3.05, 3.63) is 62.4 Å². The van der Waals surface area contributed by atoms with Gasteiger partial charge in [0.25, 0.3) is 5.56 Å². The van der Waals surface area contributed by atoms with Crippen molar-refractivity contribution >= 4 is 5.69 Å². The third-order valence-corrected chi connectivity index (χ3v) is 2.80. The zero-order valence-electron chi connectivity index (χ0n) is 10.1. The molecule has 0 saturated heterocycles. The molecule has 0 spiro atoms. The first-order valence-corrected chi connectivity index (χ1v) is 5.77. The van der Waals surface area contributed by atoms with Crippen LogP contribution < -0.4 is 17.0 Å². The third kappa shape index (κ3) is 2.51. The molecule has 0 radical (unpaired) electrons. The van der Waals surface area contributed by atoms with Gasteiger partial charge in [-0.2, -0.15) is 0 Å². The van der Waals surface area contributed by atoms with Crippen molar-refractivity contribution in [2.45, 2.75) is 19.9 Å². The average molecular weight is 245 g/mol. The van der Waals surface area contributed by atoms with E-state index >= 15 is 0 Å². The second-order valence-corrected chi connectivity index (χ2v) is 4.14. The number of hydrogen-bond acceptors (Lipinski definition) is 3. The van der Waals surface area contributed by atoms with Gasteiger partial charge in [0.2, 0.25) is 0 Å². The summed E-state index contributed by atoms with van der Waals surface area (Å²) in [5, 5.41) is 0. The predicted octanol–water partition coefficient (Wildman–Crippen LogP) is 0.730. The highest BCUT2D eigenvalue weighted by Gasteiger charge is 2.03. The zero-order valence-corrected chi connectivity index (χ0v) is 10.1. The molecule has 3 N–H and O–H groups in total. The largest absolute Gasteiger partial charge is 0.399 e. The number of rotatable bonds is 3. The van der Waals surface area contributed by atoms with Crippen molar-refractivity contribution in [2.75, 3.05) is 5.73 Å². The van der Waals surface area contributed by atoms with E-state index in [1.54, 1.807) is 18.3 Å². The first kappa shape index (κ1) is 12.2. The summed E-state index contributed by atoms with van der Waals surface area (Å²) >= 11 is 0. The second-order valence-electron chi connectivity index (χ2n) is 4.14. The molecule has 94 valence electrons. The minimum Gasteiger partial charge on any atom is -0.399 e. The van der Waals surface area contributed by atoms with Crippen molar-refractivity contribution in [1.29, 1.82) is 0 Å². The molecule has 2 rings (SSSR count). The Kier molecular flexibility index (Phi) is 3.32. The SMILES string of the molecule is CCc1cn(Cc2ccc(N)cc2)c(=O)[nH]c1=O. The van der Waals surface area contributed by atoms with E-state index in [-0.39, 0.29) is 5.56 Å². The third-order valence-electron chi connectivity index (χ3n) is 2.80. The van der Waals surface area contributed by atoms with Crippen LogP contribution in [-0.4, -0.2) is 9.55 Å². The minimum absolute atomic E-state index is 0.309. The first-order chi connectivity index (χ1) is 8.60. The summed E-state index contributed by atoms with van der Waals surface area (Å²) in [5.74, 6) is 0. The molecule has 1 aromatic carbocycles. The number of benzene rings is 1. The Morgan fingerprint density at radius 3 is 2.50 bits per heavy atom. The van der Waals surface area contributed by atoms with Crippen LogP contribution in [0.15, 0.2) is 40.1 Å². The lowest BCUT2D eigenvalue weighted by Crippen LogP contribution is -2.31. The van der Waals surface area contributed by atoms with E-state index in [0.29, 0.717) is 24.2 Å². The van der Waals surface area contributed by atoms with Crippen LogP contribution in [0.3, 0.4) is 0 Å². The van der Waals surface area contributed by atoms with Crippen molar-refractivity contribution < 1.29 is 0 Å². The van der Waals surface area contributed by atoms with Crippen molar-refractivity contribution in [3.8, 4) is 0 Å². The van der Waals surface area contributed by atoms with Crippen molar-refractivity contribution in [2.24, 2.45) is 0 Å². The lowest BCUT2D eigenvalue weighted by atomic mass is 10.2. The molecule has 0 fully saturated rings. The highest BCUT2D eigenvalue weighted by molar-refractivity contribution is 5.39. The highest BCUT2D eigenvalue weighted by atomic mass is 16.2. The molecule has 0 unspecified atom stereocenters. The standard InChI is InChI=1S/C13H15N3O2/c1-2-10-8-16(13(18)15-12(10)17)7-9-3-5-11(14)6-4-9/h3-6,8H,2,7,14H2,1H3,(H,15,17,18). The molecular weight excluding hydrogens is 230 g/mol. The Labute approximate surface area is 104 Å². The number of aromatic amines is 1. The van der Waals surface area contributed by atoms with Crippen LogP contribution in [-0.2, 0) is 13.0 Å². The van der Waals surface area contributed by atoms with Gasteiger partial charge in [-0.15, -0.1) is 0 Å². The van der Waals surface area contributed by atoms with E-state index in [2.05, 4.69) is 4.98 Å². The fourth-order valence-corrected chi connectivity index (χ4v) is 1.74. The zero-order chi connectivity index (χ0) is 13.1. The summed E-state index contributed by atoms with van der Waals surface area (Å²) in [4.78, 5) is 25.4. The number of aryl methyl sites for hydroxylation is 1. The molecule has 1 heterocycles. The van der Waals surface area contributed by atoms with Crippen LogP contribution in [0.4, 0.5) is 5.69 Å². The Morgan fingerprint density at radius 1 is 1.22 bits per heavy atom. The quantitative estimate of drug-likeness (QED) is 0.782. The molecule has 0 bridgehead atoms. The topological polar surface area (TPSA) is 80.9 Å². The second kappa shape index (κ2) is 4.91. The number of hydrogen-bond donors (Lipinski definition) is 2. The maximum absolute atomic E-state index is 11.7. The van der Waals surface area contributed by atoms with Gasteiger partial charge in [0.05, 0.1) is 6.54 Å². The van der Waals surface area contributed by atoms with Gasteiger partial charge in [-0.3, -0.25) is 14.3 Å². The Bertz CT molecular complexity index is 653. The van der Waals surface area contributed by atoms with E-state index in [0.717, 1.165) is 5.56 Å². The number of nitrogens with two attached hydrogens (primary N) is 1. The van der Waals surface area contributed by atoms with Crippen molar-refractivity contribution in [3.63, 3.8) is 0 Å². The van der Waals surface area contributed by atoms with Crippen molar-refractivity contribution in [1.82, 2.24) is 9.55 Å². The van der Waals surface area contributed by atoms with Crippen LogP contribution in [0.5, 0.6) is 0 Å². The number of nitrogen functional groups attached to an aromatic ring is 1. The molecule has 2 aromatic rings. The van der Waals surface area contributed by atoms with Crippen LogP contribution >= 0.6 is 0 Å². The highest BCUT2D eigenvalue weighted by Crippen LogP contribution is 2.06. The molecular formula is C13H15N3O2. The molecule has 0 aliphatic heterocycles. The smallest absolute Gasteiger partial charge is 0.328 e. The summed E-state index contributed by atoms with van der Waals surface area (Å²) in [7, 11) is 0. The number of anilines is 1. The molecule has 5 nitrogen and oxygen atoms in total. The maximum atomic E-state index is 11.7. The van der Waals surface area contributed by atoms with Gasteiger partial charge < -0.3 is 5.73 Å². The van der Waals surface area contributed by atoms with Gasteiger partial charge in [0, 0.05) is 17.4 Å².